The van der Waals surface area contributed by atoms with E-state index in [-0.39, 0.29) is 15.8 Å². The fraction of sp³-hybridized carbons (Fsp3) is 1.00. The Bertz CT molecular complexity index is 368. The topological polar surface area (TPSA) is 43.4 Å². The van der Waals surface area contributed by atoms with Crippen LogP contribution in [0.5, 0.6) is 0 Å². The van der Waals surface area contributed by atoms with E-state index >= 15 is 0 Å². The van der Waals surface area contributed by atoms with Crippen LogP contribution in [0.25, 0.3) is 0 Å². The van der Waals surface area contributed by atoms with Gasteiger partial charge in [0.25, 0.3) is 0 Å². The molecule has 1 aliphatic heterocycles. The number of nitrogens with zero attached hydrogens (tertiary/aromatic N) is 2. The molecule has 0 aromatic carbocycles. The lowest BCUT2D eigenvalue weighted by Crippen LogP contribution is -2.55. The standard InChI is InChI=1S/C20H46N2O4Si2/c1-6-23-20(24-7-2)19-27-17-11-14-21(5)13-10-15-22-16-12-18-28(22,25-8-3)26-9-4/h20H,6-19,27H2,1-5H3. The van der Waals surface area contributed by atoms with Gasteiger partial charge in [-0.3, -0.25) is 4.57 Å². The second-order valence-electron chi connectivity index (χ2n) is 7.52. The molecule has 28 heavy (non-hydrogen) atoms. The molecule has 0 N–H and O–H groups in total. The third-order valence-electron chi connectivity index (χ3n) is 5.29. The van der Waals surface area contributed by atoms with Gasteiger partial charge in [0.1, 0.15) is 0 Å². The zero-order valence-corrected chi connectivity index (χ0v) is 21.6. The molecule has 168 valence electrons. The lowest BCUT2D eigenvalue weighted by molar-refractivity contribution is -0.123. The maximum Gasteiger partial charge on any atom is 0.427 e. The third-order valence-corrected chi connectivity index (χ3v) is 11.1. The normalized spacial score (nSPS) is 17.7. The molecule has 1 aliphatic rings. The molecular weight excluding hydrogens is 388 g/mol. The highest BCUT2D eigenvalue weighted by Gasteiger charge is 2.48. The molecule has 0 aromatic heterocycles. The Morgan fingerprint density at radius 2 is 1.61 bits per heavy atom. The summed E-state index contributed by atoms with van der Waals surface area (Å²) >= 11 is 0. The first-order chi connectivity index (χ1) is 13.6. The Hall–Kier alpha value is 0.194. The first-order valence-corrected chi connectivity index (χ1v) is 15.5. The summed E-state index contributed by atoms with van der Waals surface area (Å²) in [6.07, 6.45) is 3.75. The molecule has 0 atom stereocenters. The first kappa shape index (κ1) is 26.2. The van der Waals surface area contributed by atoms with Crippen LogP contribution in [0.15, 0.2) is 0 Å². The number of ether oxygens (including phenoxy) is 2. The predicted octanol–water partition coefficient (Wildman–Crippen LogP) is 2.82. The van der Waals surface area contributed by atoms with Gasteiger partial charge in [-0.1, -0.05) is 6.04 Å². The lowest BCUT2D eigenvalue weighted by atomic mass is 10.3. The Morgan fingerprint density at radius 1 is 0.964 bits per heavy atom. The van der Waals surface area contributed by atoms with E-state index in [4.69, 9.17) is 18.3 Å². The summed E-state index contributed by atoms with van der Waals surface area (Å²) in [6.45, 7) is 15.9. The highest BCUT2D eigenvalue weighted by Crippen LogP contribution is 2.28. The zero-order chi connectivity index (χ0) is 20.7. The van der Waals surface area contributed by atoms with Crippen LogP contribution in [0.2, 0.25) is 18.1 Å². The zero-order valence-electron chi connectivity index (χ0n) is 19.2. The monoisotopic (exact) mass is 434 g/mol. The summed E-state index contributed by atoms with van der Waals surface area (Å²) in [5.74, 6) is 0. The molecular formula is C20H46N2O4Si2. The van der Waals surface area contributed by atoms with Crippen molar-refractivity contribution >= 4 is 18.2 Å². The van der Waals surface area contributed by atoms with Crippen molar-refractivity contribution in [2.24, 2.45) is 0 Å². The largest absolute Gasteiger partial charge is 0.427 e. The predicted molar refractivity (Wildman–Crippen MR) is 122 cm³/mol. The molecule has 0 aromatic rings. The third kappa shape index (κ3) is 9.80. The second-order valence-corrected chi connectivity index (χ2v) is 12.6. The smallest absolute Gasteiger partial charge is 0.383 e. The van der Waals surface area contributed by atoms with Crippen LogP contribution in [0, 0.1) is 0 Å². The second kappa shape index (κ2) is 16.0. The number of rotatable bonds is 18. The molecule has 0 saturated carbocycles. The summed E-state index contributed by atoms with van der Waals surface area (Å²) in [6, 6.07) is 3.64. The SMILES string of the molecule is CCOC(C[SiH2]CCCN(C)CCCN1CCC[Si]1(OCC)OCC)OCC. The van der Waals surface area contributed by atoms with Crippen LogP contribution < -0.4 is 0 Å². The van der Waals surface area contributed by atoms with Crippen LogP contribution in [0.3, 0.4) is 0 Å². The van der Waals surface area contributed by atoms with Crippen molar-refractivity contribution in [3.05, 3.63) is 0 Å². The fourth-order valence-corrected chi connectivity index (χ4v) is 9.11. The van der Waals surface area contributed by atoms with Gasteiger partial charge in [-0.15, -0.1) is 0 Å². The molecule has 0 aliphatic carbocycles. The lowest BCUT2D eigenvalue weighted by Gasteiger charge is -2.34. The molecule has 0 bridgehead atoms. The van der Waals surface area contributed by atoms with Gasteiger partial charge in [0, 0.05) is 42.0 Å². The Balaban J connectivity index is 2.16. The van der Waals surface area contributed by atoms with Crippen molar-refractivity contribution in [3.8, 4) is 0 Å². The van der Waals surface area contributed by atoms with E-state index in [0.29, 0.717) is 0 Å². The quantitative estimate of drug-likeness (QED) is 0.188. The molecule has 0 radical (unpaired) electrons. The highest BCUT2D eigenvalue weighted by atomic mass is 28.4. The van der Waals surface area contributed by atoms with Crippen molar-refractivity contribution in [3.63, 3.8) is 0 Å². The van der Waals surface area contributed by atoms with Gasteiger partial charge >= 0.3 is 8.72 Å². The molecule has 0 spiro atoms. The summed E-state index contributed by atoms with van der Waals surface area (Å²) < 4.78 is 26.2. The molecule has 1 rings (SSSR count). The first-order valence-electron chi connectivity index (χ1n) is 11.6. The van der Waals surface area contributed by atoms with E-state index in [1.165, 1.54) is 31.9 Å². The van der Waals surface area contributed by atoms with E-state index in [1.807, 2.05) is 13.8 Å². The van der Waals surface area contributed by atoms with Gasteiger partial charge < -0.3 is 23.2 Å². The van der Waals surface area contributed by atoms with Crippen LogP contribution in [-0.4, -0.2) is 93.7 Å². The number of hydrogen-bond acceptors (Lipinski definition) is 6. The minimum Gasteiger partial charge on any atom is -0.383 e. The molecule has 1 saturated heterocycles. The van der Waals surface area contributed by atoms with E-state index < -0.39 is 8.72 Å². The molecule has 0 amide bonds. The van der Waals surface area contributed by atoms with Crippen molar-refractivity contribution < 1.29 is 18.3 Å². The van der Waals surface area contributed by atoms with Crippen LogP contribution in [0.4, 0.5) is 0 Å². The molecule has 8 heteroatoms. The average molecular weight is 435 g/mol. The van der Waals surface area contributed by atoms with E-state index in [0.717, 1.165) is 58.1 Å². The van der Waals surface area contributed by atoms with Crippen molar-refractivity contribution in [1.29, 1.82) is 0 Å². The molecule has 1 heterocycles. The van der Waals surface area contributed by atoms with E-state index in [1.54, 1.807) is 0 Å². The minimum absolute atomic E-state index is 0.0416. The fourth-order valence-electron chi connectivity index (χ4n) is 4.02. The molecule has 6 nitrogen and oxygen atoms in total. The summed E-state index contributed by atoms with van der Waals surface area (Å²) in [7, 11) is 0.0663. The van der Waals surface area contributed by atoms with Gasteiger partial charge in [0.2, 0.25) is 0 Å². The van der Waals surface area contributed by atoms with Crippen molar-refractivity contribution in [1.82, 2.24) is 9.47 Å². The maximum absolute atomic E-state index is 6.16. The van der Waals surface area contributed by atoms with Gasteiger partial charge in [-0.2, -0.15) is 0 Å². The average Bonchev–Trinajstić information content (AvgIpc) is 3.04. The molecule has 1 fully saturated rings. The summed E-state index contributed by atoms with van der Waals surface area (Å²) in [5.41, 5.74) is 0. The van der Waals surface area contributed by atoms with Gasteiger partial charge in [0.05, 0.1) is 0 Å². The Morgan fingerprint density at radius 3 is 2.21 bits per heavy atom. The van der Waals surface area contributed by atoms with Crippen LogP contribution in [-0.2, 0) is 18.3 Å². The summed E-state index contributed by atoms with van der Waals surface area (Å²) in [5, 5.41) is 0. The Labute approximate surface area is 177 Å². The van der Waals surface area contributed by atoms with Crippen molar-refractivity contribution in [2.45, 2.75) is 71.4 Å². The summed E-state index contributed by atoms with van der Waals surface area (Å²) in [4.78, 5) is 2.48. The van der Waals surface area contributed by atoms with Gasteiger partial charge in [0.15, 0.2) is 6.29 Å². The van der Waals surface area contributed by atoms with Crippen LogP contribution >= 0.6 is 0 Å². The van der Waals surface area contributed by atoms with Gasteiger partial charge in [-0.25, -0.2) is 0 Å². The van der Waals surface area contributed by atoms with E-state index in [9.17, 15) is 0 Å². The molecule has 0 unspecified atom stereocenters. The number of hydrogen-bond donors (Lipinski definition) is 0. The Kier molecular flexibility index (Phi) is 14.9. The maximum atomic E-state index is 6.16. The van der Waals surface area contributed by atoms with E-state index in [2.05, 4.69) is 30.4 Å². The minimum atomic E-state index is -2.10. The van der Waals surface area contributed by atoms with Gasteiger partial charge in [-0.05, 0) is 86.2 Å². The van der Waals surface area contributed by atoms with Crippen molar-refractivity contribution in [2.75, 3.05) is 59.7 Å². The van der Waals surface area contributed by atoms with Crippen LogP contribution in [0.1, 0.15) is 47.0 Å². The highest BCUT2D eigenvalue weighted by molar-refractivity contribution is 6.65.